The zero-order chi connectivity index (χ0) is 22.5. The summed E-state index contributed by atoms with van der Waals surface area (Å²) >= 11 is 6.10. The van der Waals surface area contributed by atoms with E-state index in [1.54, 1.807) is 24.3 Å². The molecule has 0 saturated carbocycles. The summed E-state index contributed by atoms with van der Waals surface area (Å²) in [6.45, 7) is 2.50. The fourth-order valence-corrected chi connectivity index (χ4v) is 3.72. The lowest BCUT2D eigenvalue weighted by Crippen LogP contribution is -2.27. The van der Waals surface area contributed by atoms with Gasteiger partial charge in [0.05, 0.1) is 21.6 Å². The van der Waals surface area contributed by atoms with Crippen molar-refractivity contribution < 1.29 is 9.59 Å². The number of nitrogens with one attached hydrogen (secondary N) is 2. The van der Waals surface area contributed by atoms with E-state index >= 15 is 0 Å². The van der Waals surface area contributed by atoms with Gasteiger partial charge in [-0.15, -0.1) is 0 Å². The monoisotopic (exact) mass is 446 g/mol. The minimum absolute atomic E-state index is 0.127. The molecule has 0 atom stereocenters. The molecule has 6 nitrogen and oxygen atoms in total. The number of fused-ring (bicyclic) bond motifs is 1. The SMILES string of the molecule is Cc1ccc(NC(=O)Cn2c(CCNC(=O)c3ccccc3Cl)nc3ccccc32)cc1. The van der Waals surface area contributed by atoms with Crippen LogP contribution in [-0.4, -0.2) is 27.9 Å². The minimum Gasteiger partial charge on any atom is -0.352 e. The van der Waals surface area contributed by atoms with Crippen molar-refractivity contribution in [3.05, 3.63) is 94.8 Å². The second-order valence-corrected chi connectivity index (χ2v) is 7.91. The van der Waals surface area contributed by atoms with Crippen LogP contribution in [0.5, 0.6) is 0 Å². The molecule has 4 aromatic rings. The van der Waals surface area contributed by atoms with E-state index in [0.29, 0.717) is 23.6 Å². The summed E-state index contributed by atoms with van der Waals surface area (Å²) < 4.78 is 1.89. The molecule has 0 saturated heterocycles. The lowest BCUT2D eigenvalue weighted by Gasteiger charge is -2.11. The van der Waals surface area contributed by atoms with Crippen molar-refractivity contribution in [1.29, 1.82) is 0 Å². The standard InChI is InChI=1S/C25H23ClN4O2/c1-17-10-12-18(13-11-17)28-24(31)16-30-22-9-5-4-8-21(22)29-23(30)14-15-27-25(32)19-6-2-3-7-20(19)26/h2-13H,14-16H2,1H3,(H,27,32)(H,28,31). The Kier molecular flexibility index (Phi) is 6.52. The van der Waals surface area contributed by atoms with Crippen molar-refractivity contribution in [2.75, 3.05) is 11.9 Å². The van der Waals surface area contributed by atoms with E-state index in [0.717, 1.165) is 28.1 Å². The number of carbonyl (C=O) groups excluding carboxylic acids is 2. The lowest BCUT2D eigenvalue weighted by molar-refractivity contribution is -0.116. The van der Waals surface area contributed by atoms with E-state index in [9.17, 15) is 9.59 Å². The summed E-state index contributed by atoms with van der Waals surface area (Å²) in [5.74, 6) is 0.346. The van der Waals surface area contributed by atoms with Crippen LogP contribution in [0.1, 0.15) is 21.7 Å². The average molecular weight is 447 g/mol. The van der Waals surface area contributed by atoms with Crippen molar-refractivity contribution >= 4 is 40.1 Å². The summed E-state index contributed by atoms with van der Waals surface area (Å²) in [6, 6.07) is 22.3. The summed E-state index contributed by atoms with van der Waals surface area (Å²) in [4.78, 5) is 29.8. The summed E-state index contributed by atoms with van der Waals surface area (Å²) in [5.41, 5.74) is 3.99. The number of aromatic nitrogens is 2. The van der Waals surface area contributed by atoms with Crippen LogP contribution in [0.3, 0.4) is 0 Å². The third-order valence-corrected chi connectivity index (χ3v) is 5.45. The van der Waals surface area contributed by atoms with E-state index in [2.05, 4.69) is 15.6 Å². The minimum atomic E-state index is -0.240. The third-order valence-electron chi connectivity index (χ3n) is 5.12. The molecule has 1 aromatic heterocycles. The van der Waals surface area contributed by atoms with Gasteiger partial charge in [-0.1, -0.05) is 53.6 Å². The van der Waals surface area contributed by atoms with Crippen LogP contribution in [0.25, 0.3) is 11.0 Å². The van der Waals surface area contributed by atoms with Gasteiger partial charge < -0.3 is 15.2 Å². The maximum atomic E-state index is 12.7. The Morgan fingerprint density at radius 3 is 2.47 bits per heavy atom. The fraction of sp³-hybridized carbons (Fsp3) is 0.160. The van der Waals surface area contributed by atoms with Crippen LogP contribution >= 0.6 is 11.6 Å². The summed E-state index contributed by atoms with van der Waals surface area (Å²) in [5, 5.41) is 6.22. The van der Waals surface area contributed by atoms with E-state index < -0.39 is 0 Å². The number of carbonyl (C=O) groups is 2. The van der Waals surface area contributed by atoms with Crippen LogP contribution in [0.4, 0.5) is 5.69 Å². The van der Waals surface area contributed by atoms with Gasteiger partial charge in [0, 0.05) is 18.7 Å². The quantitative estimate of drug-likeness (QED) is 0.435. The Balaban J connectivity index is 1.47. The first-order chi connectivity index (χ1) is 15.5. The van der Waals surface area contributed by atoms with Gasteiger partial charge in [-0.3, -0.25) is 9.59 Å². The number of halogens is 1. The summed E-state index contributed by atoms with van der Waals surface area (Å²) in [7, 11) is 0. The van der Waals surface area contributed by atoms with Crippen LogP contribution < -0.4 is 10.6 Å². The first-order valence-corrected chi connectivity index (χ1v) is 10.7. The molecule has 4 rings (SSSR count). The number of hydrogen-bond acceptors (Lipinski definition) is 3. The van der Waals surface area contributed by atoms with Crippen LogP contribution in [0.15, 0.2) is 72.8 Å². The van der Waals surface area contributed by atoms with Crippen LogP contribution in [-0.2, 0) is 17.8 Å². The number of amides is 2. The molecule has 0 aliphatic rings. The zero-order valence-corrected chi connectivity index (χ0v) is 18.4. The Morgan fingerprint density at radius 2 is 1.69 bits per heavy atom. The van der Waals surface area contributed by atoms with Crippen molar-refractivity contribution in [3.8, 4) is 0 Å². The Labute approximate surface area is 191 Å². The molecule has 0 spiro atoms. The second-order valence-electron chi connectivity index (χ2n) is 7.50. The van der Waals surface area contributed by atoms with Crippen molar-refractivity contribution in [2.24, 2.45) is 0 Å². The third kappa shape index (κ3) is 4.98. The van der Waals surface area contributed by atoms with Crippen molar-refractivity contribution in [1.82, 2.24) is 14.9 Å². The Morgan fingerprint density at radius 1 is 0.969 bits per heavy atom. The number of imidazole rings is 1. The number of benzene rings is 3. The first kappa shape index (κ1) is 21.6. The number of hydrogen-bond donors (Lipinski definition) is 2. The highest BCUT2D eigenvalue weighted by molar-refractivity contribution is 6.33. The molecule has 1 heterocycles. The van der Waals surface area contributed by atoms with Gasteiger partial charge in [-0.05, 0) is 43.3 Å². The predicted molar refractivity (Wildman–Crippen MR) is 127 cm³/mol. The maximum absolute atomic E-state index is 12.7. The van der Waals surface area contributed by atoms with Gasteiger partial charge in [0.2, 0.25) is 5.91 Å². The molecule has 0 aliphatic heterocycles. The molecule has 2 amide bonds. The maximum Gasteiger partial charge on any atom is 0.252 e. The molecule has 0 radical (unpaired) electrons. The molecular weight excluding hydrogens is 424 g/mol. The van der Waals surface area contributed by atoms with Crippen molar-refractivity contribution in [2.45, 2.75) is 19.9 Å². The molecule has 0 fully saturated rings. The van der Waals surface area contributed by atoms with E-state index in [4.69, 9.17) is 11.6 Å². The number of anilines is 1. The van der Waals surface area contributed by atoms with Crippen LogP contribution in [0, 0.1) is 6.92 Å². The number of para-hydroxylation sites is 2. The summed E-state index contributed by atoms with van der Waals surface area (Å²) in [6.07, 6.45) is 0.475. The molecule has 0 unspecified atom stereocenters. The highest BCUT2D eigenvalue weighted by Gasteiger charge is 2.15. The van der Waals surface area contributed by atoms with Crippen LogP contribution in [0.2, 0.25) is 5.02 Å². The van der Waals surface area contributed by atoms with Gasteiger partial charge in [0.25, 0.3) is 5.91 Å². The van der Waals surface area contributed by atoms with Gasteiger partial charge in [0.15, 0.2) is 0 Å². The highest BCUT2D eigenvalue weighted by atomic mass is 35.5. The predicted octanol–water partition coefficient (Wildman–Crippen LogP) is 4.61. The zero-order valence-electron chi connectivity index (χ0n) is 17.6. The normalized spacial score (nSPS) is 10.8. The van der Waals surface area contributed by atoms with Gasteiger partial charge in [-0.25, -0.2) is 4.98 Å². The average Bonchev–Trinajstić information content (AvgIpc) is 3.13. The molecule has 0 aliphatic carbocycles. The Bertz CT molecular complexity index is 1260. The molecule has 3 aromatic carbocycles. The van der Waals surface area contributed by atoms with E-state index in [1.165, 1.54) is 0 Å². The number of aryl methyl sites for hydroxylation is 1. The topological polar surface area (TPSA) is 76.0 Å². The van der Waals surface area contributed by atoms with Crippen molar-refractivity contribution in [3.63, 3.8) is 0 Å². The molecule has 0 bridgehead atoms. The Hall–Kier alpha value is -3.64. The first-order valence-electron chi connectivity index (χ1n) is 10.3. The highest BCUT2D eigenvalue weighted by Crippen LogP contribution is 2.18. The molecule has 2 N–H and O–H groups in total. The van der Waals surface area contributed by atoms with E-state index in [1.807, 2.05) is 60.0 Å². The number of nitrogens with zero attached hydrogens (tertiary/aromatic N) is 2. The molecule has 7 heteroatoms. The lowest BCUT2D eigenvalue weighted by atomic mass is 10.2. The smallest absolute Gasteiger partial charge is 0.252 e. The van der Waals surface area contributed by atoms with E-state index in [-0.39, 0.29) is 18.4 Å². The van der Waals surface area contributed by atoms with Gasteiger partial charge >= 0.3 is 0 Å². The second kappa shape index (κ2) is 9.66. The number of rotatable bonds is 7. The molecular formula is C25H23ClN4O2. The van der Waals surface area contributed by atoms with Gasteiger partial charge in [0.1, 0.15) is 12.4 Å². The molecule has 162 valence electrons. The van der Waals surface area contributed by atoms with Gasteiger partial charge in [-0.2, -0.15) is 0 Å². The fourth-order valence-electron chi connectivity index (χ4n) is 3.50. The largest absolute Gasteiger partial charge is 0.352 e. The molecule has 32 heavy (non-hydrogen) atoms.